The zero-order chi connectivity index (χ0) is 17.4. The van der Waals surface area contributed by atoms with Crippen LogP contribution in [0.5, 0.6) is 0 Å². The molecule has 4 heteroatoms. The number of fused-ring (bicyclic) bond motifs is 1. The van der Waals surface area contributed by atoms with Gasteiger partial charge >= 0.3 is 0 Å². The summed E-state index contributed by atoms with van der Waals surface area (Å²) in [6.45, 7) is 8.01. The second-order valence-corrected chi connectivity index (χ2v) is 6.61. The highest BCUT2D eigenvalue weighted by Crippen LogP contribution is 2.35. The molecule has 1 saturated carbocycles. The second-order valence-electron chi connectivity index (χ2n) is 6.61. The van der Waals surface area contributed by atoms with Crippen LogP contribution in [0.1, 0.15) is 60.3 Å². The molecule has 0 bridgehead atoms. The lowest BCUT2D eigenvalue weighted by Gasteiger charge is -2.24. The fourth-order valence-electron chi connectivity index (χ4n) is 3.41. The summed E-state index contributed by atoms with van der Waals surface area (Å²) in [5, 5.41) is 4.35. The molecule has 0 aromatic carbocycles. The Labute approximate surface area is 147 Å². The molecule has 126 valence electrons. The van der Waals surface area contributed by atoms with Crippen LogP contribution in [0.25, 0.3) is 17.2 Å². The molecule has 1 aliphatic carbocycles. The van der Waals surface area contributed by atoms with Gasteiger partial charge < -0.3 is 0 Å². The molecule has 3 aromatic heterocycles. The van der Waals surface area contributed by atoms with Crippen molar-refractivity contribution < 1.29 is 0 Å². The highest BCUT2D eigenvalue weighted by atomic mass is 15.2. The van der Waals surface area contributed by atoms with Gasteiger partial charge in [-0.1, -0.05) is 25.2 Å². The van der Waals surface area contributed by atoms with Crippen molar-refractivity contribution in [3.63, 3.8) is 0 Å². The van der Waals surface area contributed by atoms with E-state index in [9.17, 15) is 0 Å². The van der Waals surface area contributed by atoms with E-state index >= 15 is 0 Å². The molecule has 0 saturated heterocycles. The van der Waals surface area contributed by atoms with Crippen molar-refractivity contribution in [3.05, 3.63) is 71.6 Å². The smallest absolute Gasteiger partial charge is 0.131 e. The van der Waals surface area contributed by atoms with Crippen LogP contribution in [0.2, 0.25) is 0 Å². The van der Waals surface area contributed by atoms with Gasteiger partial charge in [0.05, 0.1) is 11.7 Å². The van der Waals surface area contributed by atoms with Crippen molar-refractivity contribution in [2.24, 2.45) is 0 Å². The summed E-state index contributed by atoms with van der Waals surface area (Å²) in [5.41, 5.74) is 6.51. The normalized spacial score (nSPS) is 15.4. The number of pyridine rings is 1. The molecule has 0 amide bonds. The van der Waals surface area contributed by atoms with Gasteiger partial charge in [-0.2, -0.15) is 5.10 Å². The van der Waals surface area contributed by atoms with Gasteiger partial charge in [-0.3, -0.25) is 0 Å². The molecule has 4 nitrogen and oxygen atoms in total. The van der Waals surface area contributed by atoms with Gasteiger partial charge in [-0.05, 0) is 50.0 Å². The van der Waals surface area contributed by atoms with Crippen LogP contribution in [0.15, 0.2) is 43.4 Å². The first-order valence-corrected chi connectivity index (χ1v) is 8.81. The van der Waals surface area contributed by atoms with Crippen molar-refractivity contribution in [1.29, 1.82) is 0 Å². The minimum absolute atomic E-state index is 0.556. The van der Waals surface area contributed by atoms with E-state index < -0.39 is 0 Å². The molecule has 4 rings (SSSR count). The molecule has 25 heavy (non-hydrogen) atoms. The molecule has 1 aliphatic rings. The van der Waals surface area contributed by atoms with Crippen molar-refractivity contribution >= 4 is 17.2 Å². The largest absolute Gasteiger partial charge is 0.240 e. The monoisotopic (exact) mass is 330 g/mol. The molecule has 0 unspecified atom stereocenters. The highest BCUT2D eigenvalue weighted by Gasteiger charge is 2.23. The molecule has 3 aromatic rings. The Morgan fingerprint density at radius 2 is 2.16 bits per heavy atom. The third-order valence-corrected chi connectivity index (χ3v) is 5.13. The average Bonchev–Trinajstić information content (AvgIpc) is 2.98. The van der Waals surface area contributed by atoms with Crippen LogP contribution in [0.4, 0.5) is 0 Å². The van der Waals surface area contributed by atoms with E-state index in [0.29, 0.717) is 5.92 Å². The Morgan fingerprint density at radius 1 is 1.32 bits per heavy atom. The number of allylic oxidation sites excluding steroid dienone is 1. The second kappa shape index (κ2) is 6.28. The van der Waals surface area contributed by atoms with Crippen LogP contribution in [0, 0.1) is 6.92 Å². The lowest BCUT2D eigenvalue weighted by atomic mass is 9.84. The minimum Gasteiger partial charge on any atom is -0.240 e. The Bertz CT molecular complexity index is 977. The first-order chi connectivity index (χ1) is 12.2. The van der Waals surface area contributed by atoms with E-state index in [-0.39, 0.29) is 0 Å². The molecule has 0 spiro atoms. The standard InChI is InChI=1S/C21H22N4/c1-4-15-12-23-25-10-9-17(11-20(15)25)18(5-2)19-13-22-21(24-14(19)3)16-7-6-8-16/h4-5,9-13,16H,1,6-8H2,2-3H3/b18-5-. The van der Waals surface area contributed by atoms with E-state index in [1.165, 1.54) is 19.3 Å². The Morgan fingerprint density at radius 3 is 2.80 bits per heavy atom. The first kappa shape index (κ1) is 15.8. The fraction of sp³-hybridized carbons (Fsp3) is 0.286. The lowest BCUT2D eigenvalue weighted by Crippen LogP contribution is -2.13. The highest BCUT2D eigenvalue weighted by molar-refractivity contribution is 5.83. The van der Waals surface area contributed by atoms with E-state index in [1.54, 1.807) is 0 Å². The number of nitrogens with zero attached hydrogens (tertiary/aromatic N) is 4. The van der Waals surface area contributed by atoms with Gasteiger partial charge in [0.2, 0.25) is 0 Å². The van der Waals surface area contributed by atoms with Crippen LogP contribution in [-0.2, 0) is 0 Å². The quantitative estimate of drug-likeness (QED) is 0.690. The summed E-state index contributed by atoms with van der Waals surface area (Å²) in [6.07, 6.45) is 13.5. The van der Waals surface area contributed by atoms with Crippen LogP contribution in [0.3, 0.4) is 0 Å². The number of rotatable bonds is 4. The third kappa shape index (κ3) is 2.68. The summed E-state index contributed by atoms with van der Waals surface area (Å²) < 4.78 is 1.87. The first-order valence-electron chi connectivity index (χ1n) is 8.81. The molecular weight excluding hydrogens is 308 g/mol. The van der Waals surface area contributed by atoms with E-state index in [2.05, 4.69) is 48.7 Å². The molecule has 3 heterocycles. The van der Waals surface area contributed by atoms with E-state index in [4.69, 9.17) is 4.98 Å². The fourth-order valence-corrected chi connectivity index (χ4v) is 3.41. The van der Waals surface area contributed by atoms with Gasteiger partial charge in [0, 0.05) is 35.1 Å². The zero-order valence-corrected chi connectivity index (χ0v) is 14.7. The number of hydrogen-bond donors (Lipinski definition) is 0. The van der Waals surface area contributed by atoms with Gasteiger partial charge in [-0.25, -0.2) is 14.5 Å². The van der Waals surface area contributed by atoms with Crippen molar-refractivity contribution in [2.75, 3.05) is 0 Å². The number of aryl methyl sites for hydroxylation is 1. The van der Waals surface area contributed by atoms with Crippen molar-refractivity contribution in [3.8, 4) is 0 Å². The maximum absolute atomic E-state index is 4.79. The number of aromatic nitrogens is 4. The van der Waals surface area contributed by atoms with Gasteiger partial charge in [0.25, 0.3) is 0 Å². The minimum atomic E-state index is 0.556. The molecule has 0 aliphatic heterocycles. The Balaban J connectivity index is 1.76. The summed E-state index contributed by atoms with van der Waals surface area (Å²) in [4.78, 5) is 9.45. The Hall–Kier alpha value is -2.75. The number of hydrogen-bond acceptors (Lipinski definition) is 3. The molecule has 1 fully saturated rings. The zero-order valence-electron chi connectivity index (χ0n) is 14.7. The van der Waals surface area contributed by atoms with Crippen LogP contribution in [-0.4, -0.2) is 19.6 Å². The summed E-state index contributed by atoms with van der Waals surface area (Å²) in [7, 11) is 0. The molecule has 0 N–H and O–H groups in total. The SMILES string of the molecule is C=Cc1cnn2ccc(/C(=C/C)c3cnc(C4CCC4)nc3C)cc12. The summed E-state index contributed by atoms with van der Waals surface area (Å²) in [5.74, 6) is 1.56. The molecule has 0 atom stereocenters. The van der Waals surface area contributed by atoms with Crippen molar-refractivity contribution in [1.82, 2.24) is 19.6 Å². The summed E-state index contributed by atoms with van der Waals surface area (Å²) >= 11 is 0. The predicted molar refractivity (Wildman–Crippen MR) is 101 cm³/mol. The van der Waals surface area contributed by atoms with Gasteiger partial charge in [0.15, 0.2) is 0 Å². The maximum Gasteiger partial charge on any atom is 0.131 e. The van der Waals surface area contributed by atoms with E-state index in [0.717, 1.165) is 39.3 Å². The van der Waals surface area contributed by atoms with Crippen molar-refractivity contribution in [2.45, 2.75) is 39.0 Å². The third-order valence-electron chi connectivity index (χ3n) is 5.13. The van der Waals surface area contributed by atoms with Gasteiger partial charge in [0.1, 0.15) is 5.82 Å². The Kier molecular flexibility index (Phi) is 3.96. The van der Waals surface area contributed by atoms with E-state index in [1.807, 2.05) is 29.2 Å². The average molecular weight is 330 g/mol. The summed E-state index contributed by atoms with van der Waals surface area (Å²) in [6, 6.07) is 4.24. The predicted octanol–water partition coefficient (Wildman–Crippen LogP) is 4.79. The van der Waals surface area contributed by atoms with Crippen LogP contribution < -0.4 is 0 Å². The maximum atomic E-state index is 4.79. The van der Waals surface area contributed by atoms with Gasteiger partial charge in [-0.15, -0.1) is 0 Å². The van der Waals surface area contributed by atoms with Crippen LogP contribution >= 0.6 is 0 Å². The topological polar surface area (TPSA) is 43.1 Å². The molecule has 0 radical (unpaired) electrons. The lowest BCUT2D eigenvalue weighted by molar-refractivity contribution is 0.400. The molecular formula is C21H22N4.